The van der Waals surface area contributed by atoms with E-state index in [1.807, 2.05) is 13.8 Å². The standard InChI is InChI=1S/C18H27N5O5/c1-5-7-11(16(20)26)22-18(28)13(9-14(19)24)23-17(27)12(8-10(3)4)21-15(25)6-2/h1,6,10-13H,2,7-9H2,3-4H3,(H2,19,24)(H2,20,26)(H,21,25)(H,22,28)(H,23,27)/t11-,12-,13-/m0/s1. The van der Waals surface area contributed by atoms with E-state index >= 15 is 0 Å². The number of amides is 5. The van der Waals surface area contributed by atoms with Crippen molar-refractivity contribution in [2.24, 2.45) is 17.4 Å². The molecular formula is C18H27N5O5. The molecule has 10 heteroatoms. The maximum Gasteiger partial charge on any atom is 0.244 e. The maximum atomic E-state index is 12.6. The van der Waals surface area contributed by atoms with Gasteiger partial charge in [0.05, 0.1) is 6.42 Å². The van der Waals surface area contributed by atoms with Gasteiger partial charge in [-0.3, -0.25) is 24.0 Å². The Kier molecular flexibility index (Phi) is 10.7. The topological polar surface area (TPSA) is 173 Å². The van der Waals surface area contributed by atoms with Gasteiger partial charge in [0.15, 0.2) is 0 Å². The Balaban J connectivity index is 5.38. The molecule has 10 nitrogen and oxygen atoms in total. The highest BCUT2D eigenvalue weighted by Gasteiger charge is 2.30. The Hall–Kier alpha value is -3.35. The third-order valence-corrected chi connectivity index (χ3v) is 3.55. The number of hydrogen-bond donors (Lipinski definition) is 5. The molecule has 5 amide bonds. The molecule has 0 rings (SSSR count). The van der Waals surface area contributed by atoms with Crippen molar-refractivity contribution in [1.82, 2.24) is 16.0 Å². The molecule has 0 aliphatic heterocycles. The molecule has 0 saturated heterocycles. The van der Waals surface area contributed by atoms with E-state index in [1.54, 1.807) is 0 Å². The minimum absolute atomic E-state index is 0.0409. The number of nitrogens with two attached hydrogens (primary N) is 2. The molecular weight excluding hydrogens is 366 g/mol. The van der Waals surface area contributed by atoms with Crippen molar-refractivity contribution >= 4 is 29.5 Å². The maximum absolute atomic E-state index is 12.6. The Morgan fingerprint density at radius 3 is 1.96 bits per heavy atom. The van der Waals surface area contributed by atoms with Crippen molar-refractivity contribution in [2.75, 3.05) is 0 Å². The lowest BCUT2D eigenvalue weighted by molar-refractivity contribution is -0.134. The van der Waals surface area contributed by atoms with Gasteiger partial charge in [-0.15, -0.1) is 12.3 Å². The van der Waals surface area contributed by atoms with Crippen LogP contribution in [0.3, 0.4) is 0 Å². The molecule has 0 aromatic carbocycles. The SMILES string of the molecule is C#CC[C@H](NC(=O)[C@H](CC(N)=O)NC(=O)[C@H](CC(C)C)NC(=O)C=C)C(N)=O. The lowest BCUT2D eigenvalue weighted by atomic mass is 10.0. The van der Waals surface area contributed by atoms with Gasteiger partial charge >= 0.3 is 0 Å². The number of terminal acetylenes is 1. The summed E-state index contributed by atoms with van der Waals surface area (Å²) in [6.07, 6.45) is 5.72. The summed E-state index contributed by atoms with van der Waals surface area (Å²) in [5.41, 5.74) is 10.3. The molecule has 0 unspecified atom stereocenters. The van der Waals surface area contributed by atoms with Crippen LogP contribution in [0.25, 0.3) is 0 Å². The van der Waals surface area contributed by atoms with Crippen molar-refractivity contribution < 1.29 is 24.0 Å². The first-order valence-corrected chi connectivity index (χ1v) is 8.56. The Morgan fingerprint density at radius 1 is 1.00 bits per heavy atom. The zero-order valence-electron chi connectivity index (χ0n) is 16.0. The fraction of sp³-hybridized carbons (Fsp3) is 0.500. The summed E-state index contributed by atoms with van der Waals surface area (Å²) in [5, 5.41) is 7.10. The number of nitrogens with one attached hydrogen (secondary N) is 3. The molecule has 0 radical (unpaired) electrons. The highest BCUT2D eigenvalue weighted by molar-refractivity contribution is 5.97. The van der Waals surface area contributed by atoms with E-state index in [0.29, 0.717) is 0 Å². The van der Waals surface area contributed by atoms with Gasteiger partial charge in [0.1, 0.15) is 18.1 Å². The molecule has 0 heterocycles. The van der Waals surface area contributed by atoms with Gasteiger partial charge in [-0.2, -0.15) is 0 Å². The highest BCUT2D eigenvalue weighted by Crippen LogP contribution is 2.06. The second-order valence-electron chi connectivity index (χ2n) is 6.50. The van der Waals surface area contributed by atoms with Crippen LogP contribution in [0.15, 0.2) is 12.7 Å². The normalized spacial score (nSPS) is 13.4. The van der Waals surface area contributed by atoms with E-state index < -0.39 is 54.1 Å². The Morgan fingerprint density at radius 2 is 1.54 bits per heavy atom. The lowest BCUT2D eigenvalue weighted by Gasteiger charge is -2.24. The first-order chi connectivity index (χ1) is 13.0. The van der Waals surface area contributed by atoms with Crippen LogP contribution in [0.4, 0.5) is 0 Å². The van der Waals surface area contributed by atoms with Crippen LogP contribution in [-0.2, 0) is 24.0 Å². The molecule has 28 heavy (non-hydrogen) atoms. The summed E-state index contributed by atoms with van der Waals surface area (Å²) in [6.45, 7) is 7.00. The minimum atomic E-state index is -1.38. The lowest BCUT2D eigenvalue weighted by Crippen LogP contribution is -2.57. The van der Waals surface area contributed by atoms with Crippen molar-refractivity contribution in [3.05, 3.63) is 12.7 Å². The zero-order chi connectivity index (χ0) is 21.9. The van der Waals surface area contributed by atoms with E-state index in [4.69, 9.17) is 17.9 Å². The molecule has 0 aromatic heterocycles. The number of carbonyl (C=O) groups excluding carboxylic acids is 5. The third kappa shape index (κ3) is 9.38. The second kappa shape index (κ2) is 12.1. The van der Waals surface area contributed by atoms with Gasteiger partial charge in [-0.1, -0.05) is 20.4 Å². The van der Waals surface area contributed by atoms with Gasteiger partial charge in [0, 0.05) is 6.42 Å². The van der Waals surface area contributed by atoms with Crippen LogP contribution in [0, 0.1) is 18.3 Å². The second-order valence-corrected chi connectivity index (χ2v) is 6.50. The quantitative estimate of drug-likeness (QED) is 0.191. The van der Waals surface area contributed by atoms with Gasteiger partial charge < -0.3 is 27.4 Å². The largest absolute Gasteiger partial charge is 0.370 e. The van der Waals surface area contributed by atoms with Gasteiger partial charge in [-0.05, 0) is 18.4 Å². The molecule has 154 valence electrons. The van der Waals surface area contributed by atoms with E-state index in [0.717, 1.165) is 6.08 Å². The first-order valence-electron chi connectivity index (χ1n) is 8.56. The molecule has 0 aliphatic carbocycles. The molecule has 0 fully saturated rings. The highest BCUT2D eigenvalue weighted by atomic mass is 16.2. The van der Waals surface area contributed by atoms with Crippen molar-refractivity contribution in [1.29, 1.82) is 0 Å². The molecule has 0 bridgehead atoms. The van der Waals surface area contributed by atoms with Crippen molar-refractivity contribution in [2.45, 2.75) is 51.2 Å². The minimum Gasteiger partial charge on any atom is -0.370 e. The van der Waals surface area contributed by atoms with Crippen molar-refractivity contribution in [3.63, 3.8) is 0 Å². The molecule has 0 saturated carbocycles. The van der Waals surface area contributed by atoms with Crippen LogP contribution >= 0.6 is 0 Å². The predicted octanol–water partition coefficient (Wildman–Crippen LogP) is -1.94. The average Bonchev–Trinajstić information content (AvgIpc) is 2.58. The number of hydrogen-bond acceptors (Lipinski definition) is 5. The first kappa shape index (κ1) is 24.7. The fourth-order valence-electron chi connectivity index (χ4n) is 2.23. The average molecular weight is 393 g/mol. The summed E-state index contributed by atoms with van der Waals surface area (Å²) < 4.78 is 0. The smallest absolute Gasteiger partial charge is 0.244 e. The number of primary amides is 2. The van der Waals surface area contributed by atoms with E-state index in [2.05, 4.69) is 28.4 Å². The summed E-state index contributed by atoms with van der Waals surface area (Å²) >= 11 is 0. The molecule has 0 spiro atoms. The Labute approximate surface area is 163 Å². The van der Waals surface area contributed by atoms with Crippen LogP contribution in [-0.4, -0.2) is 47.7 Å². The molecule has 7 N–H and O–H groups in total. The number of carbonyl (C=O) groups is 5. The molecule has 0 aliphatic rings. The van der Waals surface area contributed by atoms with Crippen LogP contribution in [0.2, 0.25) is 0 Å². The van der Waals surface area contributed by atoms with Gasteiger partial charge in [-0.25, -0.2) is 0 Å². The van der Waals surface area contributed by atoms with Gasteiger partial charge in [0.25, 0.3) is 0 Å². The summed E-state index contributed by atoms with van der Waals surface area (Å²) in [4.78, 5) is 59.2. The van der Waals surface area contributed by atoms with Crippen molar-refractivity contribution in [3.8, 4) is 12.3 Å². The summed E-state index contributed by atoms with van der Waals surface area (Å²) in [5.74, 6) is -1.62. The van der Waals surface area contributed by atoms with Crippen LogP contribution < -0.4 is 27.4 Å². The van der Waals surface area contributed by atoms with Crippen LogP contribution in [0.5, 0.6) is 0 Å². The predicted molar refractivity (Wildman–Crippen MR) is 102 cm³/mol. The van der Waals surface area contributed by atoms with Gasteiger partial charge in [0.2, 0.25) is 29.5 Å². The van der Waals surface area contributed by atoms with Crippen LogP contribution in [0.1, 0.15) is 33.1 Å². The molecule has 0 aromatic rings. The van der Waals surface area contributed by atoms with E-state index in [9.17, 15) is 24.0 Å². The monoisotopic (exact) mass is 393 g/mol. The van der Waals surface area contributed by atoms with E-state index in [-0.39, 0.29) is 18.8 Å². The summed E-state index contributed by atoms with van der Waals surface area (Å²) in [6, 6.07) is -3.51. The number of rotatable bonds is 12. The third-order valence-electron chi connectivity index (χ3n) is 3.55. The molecule has 3 atom stereocenters. The fourth-order valence-corrected chi connectivity index (χ4v) is 2.23. The van der Waals surface area contributed by atoms with E-state index in [1.165, 1.54) is 0 Å². The summed E-state index contributed by atoms with van der Waals surface area (Å²) in [7, 11) is 0. The zero-order valence-corrected chi connectivity index (χ0v) is 16.0. The Bertz CT molecular complexity index is 668.